The number of para-hydroxylation sites is 1. The number of benzene rings is 3. The van der Waals surface area contributed by atoms with Crippen LogP contribution in [-0.2, 0) is 16.4 Å². The molecule has 0 spiro atoms. The summed E-state index contributed by atoms with van der Waals surface area (Å²) in [7, 11) is -3.71. The molecule has 0 fully saturated rings. The van der Waals surface area contributed by atoms with Gasteiger partial charge in [-0.05, 0) is 24.1 Å². The third-order valence-electron chi connectivity index (χ3n) is 5.27. The van der Waals surface area contributed by atoms with E-state index in [9.17, 15) is 18.5 Å². The number of nitrogens with zero attached hydrogens (tertiary/aromatic N) is 2. The zero-order valence-electron chi connectivity index (χ0n) is 18.4. The predicted molar refractivity (Wildman–Crippen MR) is 133 cm³/mol. The summed E-state index contributed by atoms with van der Waals surface area (Å²) in [6.45, 7) is 0.271. The number of hydrogen-bond acceptors (Lipinski definition) is 5. The molecule has 2 N–H and O–H groups in total. The summed E-state index contributed by atoms with van der Waals surface area (Å²) >= 11 is 0. The first-order valence-electron chi connectivity index (χ1n) is 10.6. The van der Waals surface area contributed by atoms with Gasteiger partial charge in [0.1, 0.15) is 0 Å². The van der Waals surface area contributed by atoms with Gasteiger partial charge in [-0.3, -0.25) is 9.52 Å². The number of amides is 1. The fourth-order valence-corrected chi connectivity index (χ4v) is 4.35. The molecule has 0 aliphatic heterocycles. The molecule has 1 amide bonds. The molecule has 4 rings (SSSR count). The van der Waals surface area contributed by atoms with Crippen LogP contribution in [0.25, 0.3) is 22.2 Å². The fraction of sp³-hybridized carbons (Fsp3) is 0.115. The van der Waals surface area contributed by atoms with Crippen molar-refractivity contribution in [2.75, 3.05) is 17.5 Å². The maximum atomic E-state index is 13.5. The van der Waals surface area contributed by atoms with E-state index >= 15 is 0 Å². The number of fused-ring (bicyclic) bond motifs is 1. The number of sulfonamides is 1. The van der Waals surface area contributed by atoms with Crippen LogP contribution < -0.4 is 10.0 Å². The molecule has 0 aliphatic rings. The van der Waals surface area contributed by atoms with Crippen LogP contribution in [0.1, 0.15) is 21.5 Å². The van der Waals surface area contributed by atoms with E-state index in [1.54, 1.807) is 30.3 Å². The van der Waals surface area contributed by atoms with Gasteiger partial charge in [0.15, 0.2) is 0 Å². The van der Waals surface area contributed by atoms with Crippen LogP contribution in [0.4, 0.5) is 5.69 Å². The van der Waals surface area contributed by atoms with E-state index in [4.69, 9.17) is 0 Å². The summed E-state index contributed by atoms with van der Waals surface area (Å²) in [6, 6.07) is 25.6. The molecule has 0 atom stereocenters. The molecule has 7 nitrogen and oxygen atoms in total. The molecule has 34 heavy (non-hydrogen) atoms. The smallest absolute Gasteiger partial charge is 0.254 e. The Labute approximate surface area is 198 Å². The van der Waals surface area contributed by atoms with Crippen LogP contribution in [0.3, 0.4) is 0 Å². The summed E-state index contributed by atoms with van der Waals surface area (Å²) in [5, 5.41) is 12.7. The Morgan fingerprint density at radius 1 is 0.971 bits per heavy atom. The van der Waals surface area contributed by atoms with Crippen LogP contribution in [0.15, 0.2) is 78.9 Å². The molecule has 0 saturated carbocycles. The Hall–Kier alpha value is -4.22. The Morgan fingerprint density at radius 3 is 2.38 bits per heavy atom. The van der Waals surface area contributed by atoms with Gasteiger partial charge in [0.2, 0.25) is 10.0 Å². The van der Waals surface area contributed by atoms with E-state index in [0.717, 1.165) is 11.8 Å². The van der Waals surface area contributed by atoms with Crippen LogP contribution in [0.5, 0.6) is 0 Å². The lowest BCUT2D eigenvalue weighted by atomic mass is 10.0. The first-order chi connectivity index (χ1) is 16.4. The standard InChI is InChI=1S/C26H22N4O3S/c1-34(32,33)30-25-23(26(31)28-16-15-18-9-5-6-12-20(18)17-27)21-13-7-8-14-22(21)29-24(25)19-10-3-2-4-11-19/h2-14,30H,15-16H2,1H3,(H,28,31). The second kappa shape index (κ2) is 9.73. The van der Waals surface area contributed by atoms with Gasteiger partial charge in [0, 0.05) is 17.5 Å². The second-order valence-electron chi connectivity index (χ2n) is 7.74. The summed E-state index contributed by atoms with van der Waals surface area (Å²) in [5.41, 5.74) is 3.31. The molecule has 0 bridgehead atoms. The minimum absolute atomic E-state index is 0.127. The highest BCUT2D eigenvalue weighted by atomic mass is 32.2. The van der Waals surface area contributed by atoms with Gasteiger partial charge in [0.05, 0.1) is 40.3 Å². The summed E-state index contributed by atoms with van der Waals surface area (Å²) < 4.78 is 27.0. The van der Waals surface area contributed by atoms with E-state index in [1.165, 1.54) is 0 Å². The van der Waals surface area contributed by atoms with Gasteiger partial charge >= 0.3 is 0 Å². The molecule has 3 aromatic carbocycles. The number of anilines is 1. The maximum Gasteiger partial charge on any atom is 0.254 e. The van der Waals surface area contributed by atoms with Crippen molar-refractivity contribution in [3.05, 3.63) is 95.6 Å². The highest BCUT2D eigenvalue weighted by molar-refractivity contribution is 7.92. The fourth-order valence-electron chi connectivity index (χ4n) is 3.78. The molecular weight excluding hydrogens is 448 g/mol. The molecule has 0 unspecified atom stereocenters. The number of pyridine rings is 1. The van der Waals surface area contributed by atoms with Crippen molar-refractivity contribution in [2.24, 2.45) is 0 Å². The van der Waals surface area contributed by atoms with Crippen LogP contribution in [0, 0.1) is 11.3 Å². The first kappa shape index (κ1) is 23.0. The number of aromatic nitrogens is 1. The molecule has 1 heterocycles. The number of nitrogens with one attached hydrogen (secondary N) is 2. The number of rotatable bonds is 7. The van der Waals surface area contributed by atoms with Gasteiger partial charge in [-0.25, -0.2) is 13.4 Å². The lowest BCUT2D eigenvalue weighted by Crippen LogP contribution is -2.28. The SMILES string of the molecule is CS(=O)(=O)Nc1c(-c2ccccc2)nc2ccccc2c1C(=O)NCCc1ccccc1C#N. The van der Waals surface area contributed by atoms with Crippen molar-refractivity contribution in [3.8, 4) is 17.3 Å². The van der Waals surface area contributed by atoms with Gasteiger partial charge in [-0.1, -0.05) is 66.7 Å². The van der Waals surface area contributed by atoms with Gasteiger partial charge in [0.25, 0.3) is 5.91 Å². The van der Waals surface area contributed by atoms with E-state index in [1.807, 2.05) is 48.5 Å². The molecule has 0 aliphatic carbocycles. The Kier molecular flexibility index (Phi) is 6.57. The number of carbonyl (C=O) groups excluding carboxylic acids is 1. The third kappa shape index (κ3) is 5.05. The summed E-state index contributed by atoms with van der Waals surface area (Å²) in [6.07, 6.45) is 1.50. The normalized spacial score (nSPS) is 11.1. The monoisotopic (exact) mass is 470 g/mol. The molecule has 0 radical (unpaired) electrons. The van der Waals surface area contributed by atoms with Crippen LogP contribution >= 0.6 is 0 Å². The minimum atomic E-state index is -3.71. The highest BCUT2D eigenvalue weighted by Crippen LogP contribution is 2.35. The summed E-state index contributed by atoms with van der Waals surface area (Å²) in [4.78, 5) is 18.1. The number of hydrogen-bond donors (Lipinski definition) is 2. The molecule has 0 saturated heterocycles. The lowest BCUT2D eigenvalue weighted by Gasteiger charge is -2.18. The molecule has 8 heteroatoms. The van der Waals surface area contributed by atoms with Crippen molar-refractivity contribution < 1.29 is 13.2 Å². The molecule has 1 aromatic heterocycles. The van der Waals surface area contributed by atoms with E-state index in [2.05, 4.69) is 21.1 Å². The van der Waals surface area contributed by atoms with E-state index in [-0.39, 0.29) is 17.8 Å². The van der Waals surface area contributed by atoms with Crippen LogP contribution in [-0.4, -0.2) is 32.1 Å². The van der Waals surface area contributed by atoms with Gasteiger partial charge in [-0.15, -0.1) is 0 Å². The van der Waals surface area contributed by atoms with E-state index < -0.39 is 15.9 Å². The van der Waals surface area contributed by atoms with Crippen molar-refractivity contribution >= 4 is 32.5 Å². The zero-order valence-corrected chi connectivity index (χ0v) is 19.3. The quantitative estimate of drug-likeness (QED) is 0.422. The van der Waals surface area contributed by atoms with Gasteiger partial charge < -0.3 is 5.32 Å². The Morgan fingerprint density at radius 2 is 1.65 bits per heavy atom. The average Bonchev–Trinajstić information content (AvgIpc) is 2.83. The number of nitriles is 1. The minimum Gasteiger partial charge on any atom is -0.352 e. The predicted octanol–water partition coefficient (Wildman–Crippen LogP) is 4.12. The Balaban J connectivity index is 1.79. The molecular formula is C26H22N4O3S. The van der Waals surface area contributed by atoms with Crippen molar-refractivity contribution in [3.63, 3.8) is 0 Å². The van der Waals surface area contributed by atoms with Crippen molar-refractivity contribution in [1.82, 2.24) is 10.3 Å². The first-order valence-corrected chi connectivity index (χ1v) is 12.5. The Bertz CT molecular complexity index is 1510. The van der Waals surface area contributed by atoms with Crippen LogP contribution in [0.2, 0.25) is 0 Å². The summed E-state index contributed by atoms with van der Waals surface area (Å²) in [5.74, 6) is -0.434. The molecule has 4 aromatic rings. The lowest BCUT2D eigenvalue weighted by molar-refractivity contribution is 0.0956. The van der Waals surface area contributed by atoms with Crippen molar-refractivity contribution in [1.29, 1.82) is 5.26 Å². The average molecular weight is 471 g/mol. The molecule has 170 valence electrons. The topological polar surface area (TPSA) is 112 Å². The zero-order chi connectivity index (χ0) is 24.1. The highest BCUT2D eigenvalue weighted by Gasteiger charge is 2.23. The largest absolute Gasteiger partial charge is 0.352 e. The second-order valence-corrected chi connectivity index (χ2v) is 9.49. The van der Waals surface area contributed by atoms with Gasteiger partial charge in [-0.2, -0.15) is 5.26 Å². The third-order valence-corrected chi connectivity index (χ3v) is 5.85. The number of carbonyl (C=O) groups is 1. The van der Waals surface area contributed by atoms with Crippen molar-refractivity contribution in [2.45, 2.75) is 6.42 Å². The maximum absolute atomic E-state index is 13.5. The van der Waals surface area contributed by atoms with E-state index in [0.29, 0.717) is 34.1 Å².